The molecule has 1 atom stereocenters. The monoisotopic (exact) mass is 623 g/mol. The lowest BCUT2D eigenvalue weighted by Crippen LogP contribution is -2.55. The quantitative estimate of drug-likeness (QED) is 0.284. The predicted molar refractivity (Wildman–Crippen MR) is 174 cm³/mol. The van der Waals surface area contributed by atoms with Crippen LogP contribution in [-0.2, 0) is 26.2 Å². The number of carbonyl (C=O) groups is 2. The standard InChI is InChI=1S/C34H45N3O6S/c1-10-29(33(39)35-34(5,6)7)36(21-26-13-11-23(2)12-14-26)32(38)22-37(27-18-24(3)17-25(4)19-27)44(40,41)28-15-16-30(42-8)31(20-28)43-9/h11-20,29H,10,21-22H2,1-9H3,(H,35,39). The Morgan fingerprint density at radius 3 is 1.95 bits per heavy atom. The van der Waals surface area contributed by atoms with Crippen molar-refractivity contribution in [1.29, 1.82) is 0 Å². The number of sulfonamides is 1. The lowest BCUT2D eigenvalue weighted by Gasteiger charge is -2.35. The second-order valence-corrected chi connectivity index (χ2v) is 13.9. The van der Waals surface area contributed by atoms with E-state index in [1.165, 1.54) is 37.3 Å². The molecule has 0 radical (unpaired) electrons. The predicted octanol–water partition coefficient (Wildman–Crippen LogP) is 5.55. The van der Waals surface area contributed by atoms with E-state index in [4.69, 9.17) is 9.47 Å². The van der Waals surface area contributed by atoms with Crippen molar-refractivity contribution in [3.05, 3.63) is 82.9 Å². The number of anilines is 1. The third kappa shape index (κ3) is 8.53. The van der Waals surface area contributed by atoms with Gasteiger partial charge in [0.05, 0.1) is 24.8 Å². The highest BCUT2D eigenvalue weighted by Crippen LogP contribution is 2.33. The van der Waals surface area contributed by atoms with Gasteiger partial charge in [-0.2, -0.15) is 0 Å². The fraction of sp³-hybridized carbons (Fsp3) is 0.412. The van der Waals surface area contributed by atoms with Crippen LogP contribution in [0.2, 0.25) is 0 Å². The maximum absolute atomic E-state index is 14.3. The van der Waals surface area contributed by atoms with E-state index in [9.17, 15) is 18.0 Å². The zero-order valence-electron chi connectivity index (χ0n) is 27.2. The molecule has 0 heterocycles. The summed E-state index contributed by atoms with van der Waals surface area (Å²) in [7, 11) is -1.39. The van der Waals surface area contributed by atoms with Crippen LogP contribution in [-0.4, -0.2) is 57.5 Å². The van der Waals surface area contributed by atoms with Crippen molar-refractivity contribution in [1.82, 2.24) is 10.2 Å². The number of nitrogens with zero attached hydrogens (tertiary/aromatic N) is 2. The van der Waals surface area contributed by atoms with Crippen molar-refractivity contribution < 1.29 is 27.5 Å². The Bertz CT molecular complexity index is 1560. The number of hydrogen-bond acceptors (Lipinski definition) is 6. The van der Waals surface area contributed by atoms with Gasteiger partial charge in [-0.3, -0.25) is 13.9 Å². The summed E-state index contributed by atoms with van der Waals surface area (Å²) >= 11 is 0. The molecule has 0 fully saturated rings. The molecule has 0 saturated heterocycles. The van der Waals surface area contributed by atoms with E-state index in [1.54, 1.807) is 12.1 Å². The fourth-order valence-electron chi connectivity index (χ4n) is 4.99. The number of aryl methyl sites for hydroxylation is 3. The van der Waals surface area contributed by atoms with Crippen LogP contribution >= 0.6 is 0 Å². The summed E-state index contributed by atoms with van der Waals surface area (Å²) in [4.78, 5) is 29.3. The molecular formula is C34H45N3O6S. The lowest BCUT2D eigenvalue weighted by atomic mass is 10.1. The Hall–Kier alpha value is -4.05. The van der Waals surface area contributed by atoms with Gasteiger partial charge in [-0.05, 0) is 88.9 Å². The molecule has 3 rings (SSSR count). The van der Waals surface area contributed by atoms with Crippen molar-refractivity contribution in [3.63, 3.8) is 0 Å². The Kier molecular flexibility index (Phi) is 11.1. The minimum Gasteiger partial charge on any atom is -0.493 e. The minimum absolute atomic E-state index is 0.0651. The molecule has 2 amide bonds. The van der Waals surface area contributed by atoms with Crippen molar-refractivity contribution >= 4 is 27.5 Å². The first kappa shape index (κ1) is 34.4. The van der Waals surface area contributed by atoms with Gasteiger partial charge in [-0.25, -0.2) is 8.42 Å². The number of methoxy groups -OCH3 is 2. The Morgan fingerprint density at radius 1 is 0.841 bits per heavy atom. The second kappa shape index (κ2) is 14.2. The third-order valence-corrected chi connectivity index (χ3v) is 8.84. The molecule has 3 aromatic rings. The summed E-state index contributed by atoms with van der Waals surface area (Å²) < 4.78 is 40.4. The molecule has 0 spiro atoms. The summed E-state index contributed by atoms with van der Waals surface area (Å²) in [5.41, 5.74) is 3.39. The molecule has 0 bridgehead atoms. The number of rotatable bonds is 12. The minimum atomic E-state index is -4.28. The van der Waals surface area contributed by atoms with Crippen LogP contribution in [0.15, 0.2) is 65.6 Å². The van der Waals surface area contributed by atoms with Gasteiger partial charge in [0, 0.05) is 18.2 Å². The molecule has 0 aliphatic heterocycles. The summed E-state index contributed by atoms with van der Waals surface area (Å²) in [5, 5.41) is 2.99. The van der Waals surface area contributed by atoms with E-state index >= 15 is 0 Å². The van der Waals surface area contributed by atoms with Gasteiger partial charge in [0.25, 0.3) is 10.0 Å². The second-order valence-electron chi connectivity index (χ2n) is 12.0. The smallest absolute Gasteiger partial charge is 0.264 e. The molecular weight excluding hydrogens is 578 g/mol. The van der Waals surface area contributed by atoms with E-state index in [0.717, 1.165) is 26.6 Å². The molecule has 1 unspecified atom stereocenters. The van der Waals surface area contributed by atoms with Gasteiger partial charge in [-0.1, -0.05) is 42.8 Å². The zero-order valence-corrected chi connectivity index (χ0v) is 28.0. The van der Waals surface area contributed by atoms with Crippen LogP contribution in [0, 0.1) is 20.8 Å². The number of carbonyl (C=O) groups excluding carboxylic acids is 2. The maximum atomic E-state index is 14.3. The molecule has 0 aromatic heterocycles. The number of benzene rings is 3. The first-order chi connectivity index (χ1) is 20.6. The highest BCUT2D eigenvalue weighted by Gasteiger charge is 2.35. The van der Waals surface area contributed by atoms with Crippen molar-refractivity contribution in [2.45, 2.75) is 77.9 Å². The zero-order chi connectivity index (χ0) is 32.8. The molecule has 0 aliphatic rings. The van der Waals surface area contributed by atoms with Crippen LogP contribution in [0.3, 0.4) is 0 Å². The van der Waals surface area contributed by atoms with Crippen LogP contribution in [0.4, 0.5) is 5.69 Å². The van der Waals surface area contributed by atoms with E-state index in [1.807, 2.05) is 78.8 Å². The molecule has 3 aromatic carbocycles. The fourth-order valence-corrected chi connectivity index (χ4v) is 6.40. The Labute approximate surface area is 262 Å². The van der Waals surface area contributed by atoms with Crippen LogP contribution in [0.1, 0.15) is 56.4 Å². The molecule has 1 N–H and O–H groups in total. The first-order valence-electron chi connectivity index (χ1n) is 14.6. The number of ether oxygens (including phenoxy) is 2. The highest BCUT2D eigenvalue weighted by atomic mass is 32.2. The van der Waals surface area contributed by atoms with E-state index < -0.39 is 34.1 Å². The molecule has 9 nitrogen and oxygen atoms in total. The average Bonchev–Trinajstić information content (AvgIpc) is 2.94. The SMILES string of the molecule is CCC(C(=O)NC(C)(C)C)N(Cc1ccc(C)cc1)C(=O)CN(c1cc(C)cc(C)c1)S(=O)(=O)c1ccc(OC)c(OC)c1. The summed E-state index contributed by atoms with van der Waals surface area (Å²) in [6.45, 7) is 12.8. The van der Waals surface area contributed by atoms with Gasteiger partial charge >= 0.3 is 0 Å². The lowest BCUT2D eigenvalue weighted by molar-refractivity contribution is -0.141. The topological polar surface area (TPSA) is 105 Å². The molecule has 0 saturated carbocycles. The largest absolute Gasteiger partial charge is 0.493 e. The number of nitrogens with one attached hydrogen (secondary N) is 1. The van der Waals surface area contributed by atoms with Gasteiger partial charge < -0.3 is 19.7 Å². The third-order valence-electron chi connectivity index (χ3n) is 7.07. The van der Waals surface area contributed by atoms with E-state index in [0.29, 0.717) is 17.9 Å². The molecule has 0 aliphatic carbocycles. The summed E-state index contributed by atoms with van der Waals surface area (Å²) in [6, 6.07) is 16.6. The number of hydrogen-bond donors (Lipinski definition) is 1. The van der Waals surface area contributed by atoms with E-state index in [2.05, 4.69) is 5.32 Å². The highest BCUT2D eigenvalue weighted by molar-refractivity contribution is 7.92. The van der Waals surface area contributed by atoms with Gasteiger partial charge in [0.15, 0.2) is 11.5 Å². The Morgan fingerprint density at radius 2 is 1.43 bits per heavy atom. The normalized spacial score (nSPS) is 12.3. The van der Waals surface area contributed by atoms with Crippen molar-refractivity contribution in [2.75, 3.05) is 25.1 Å². The van der Waals surface area contributed by atoms with Crippen LogP contribution in [0.5, 0.6) is 11.5 Å². The summed E-state index contributed by atoms with van der Waals surface area (Å²) in [6.07, 6.45) is 0.339. The number of amides is 2. The van der Waals surface area contributed by atoms with E-state index in [-0.39, 0.29) is 23.1 Å². The Balaban J connectivity index is 2.14. The molecule has 44 heavy (non-hydrogen) atoms. The summed E-state index contributed by atoms with van der Waals surface area (Å²) in [5.74, 6) is -0.197. The van der Waals surface area contributed by atoms with Crippen molar-refractivity contribution in [2.24, 2.45) is 0 Å². The van der Waals surface area contributed by atoms with Gasteiger partial charge in [0.2, 0.25) is 11.8 Å². The molecule has 238 valence electrons. The first-order valence-corrected chi connectivity index (χ1v) is 16.0. The van der Waals surface area contributed by atoms with Gasteiger partial charge in [-0.15, -0.1) is 0 Å². The van der Waals surface area contributed by atoms with Gasteiger partial charge in [0.1, 0.15) is 12.6 Å². The van der Waals surface area contributed by atoms with Crippen LogP contribution in [0.25, 0.3) is 0 Å². The average molecular weight is 624 g/mol. The van der Waals surface area contributed by atoms with Crippen molar-refractivity contribution in [3.8, 4) is 11.5 Å². The molecule has 10 heteroatoms. The van der Waals surface area contributed by atoms with Crippen LogP contribution < -0.4 is 19.1 Å². The maximum Gasteiger partial charge on any atom is 0.264 e.